The minimum atomic E-state index is -2.61. The van der Waals surface area contributed by atoms with Crippen LogP contribution in [0.15, 0.2) is 0 Å². The molecule has 2 atom stereocenters. The molecule has 8 heteroatoms. The summed E-state index contributed by atoms with van der Waals surface area (Å²) in [5.41, 5.74) is -1.15. The van der Waals surface area contributed by atoms with Crippen molar-refractivity contribution in [3.63, 3.8) is 0 Å². The van der Waals surface area contributed by atoms with Crippen LogP contribution >= 0.6 is 46.6 Å². The third-order valence-corrected chi connectivity index (χ3v) is 3.00. The summed E-state index contributed by atoms with van der Waals surface area (Å²) in [5, 5.41) is 0. The van der Waals surface area contributed by atoms with Gasteiger partial charge < -0.3 is 4.55 Å². The molecule has 10 heavy (non-hydrogen) atoms. The van der Waals surface area contributed by atoms with Gasteiger partial charge in [0.15, 0.2) is 0 Å². The lowest BCUT2D eigenvalue weighted by Gasteiger charge is -2.21. The fourth-order valence-corrected chi connectivity index (χ4v) is 1.24. The Hall–Kier alpha value is 1.23. The second kappa shape index (κ2) is 4.98. The molecule has 0 aromatic heterocycles. The van der Waals surface area contributed by atoms with E-state index in [1.54, 1.807) is 0 Å². The first-order valence-corrected chi connectivity index (χ1v) is 4.61. The van der Waals surface area contributed by atoms with Crippen LogP contribution in [0, 0.1) is 0 Å². The standard InChI is InChI=1S/C2H3Cl4NO2S/c3-1(4)2(5)7(6)10(8)9/h1-2H,(H,8,9)/p-1. The van der Waals surface area contributed by atoms with Crippen LogP contribution in [0.3, 0.4) is 0 Å². The Morgan fingerprint density at radius 1 is 1.40 bits per heavy atom. The van der Waals surface area contributed by atoms with E-state index in [0.29, 0.717) is 3.82 Å². The molecule has 0 radical (unpaired) electrons. The highest BCUT2D eigenvalue weighted by atomic mass is 35.5. The molecule has 0 saturated carbocycles. The summed E-state index contributed by atoms with van der Waals surface area (Å²) in [6.45, 7) is 0. The first kappa shape index (κ1) is 11.2. The predicted molar refractivity (Wildman–Crippen MR) is 41.7 cm³/mol. The molecular weight excluding hydrogens is 244 g/mol. The van der Waals surface area contributed by atoms with E-state index in [2.05, 4.69) is 0 Å². The highest BCUT2D eigenvalue weighted by Crippen LogP contribution is 2.20. The fourth-order valence-electron chi connectivity index (χ4n) is 0.171. The molecule has 0 spiro atoms. The summed E-state index contributed by atoms with van der Waals surface area (Å²) < 4.78 is 20.4. The van der Waals surface area contributed by atoms with Gasteiger partial charge in [0.05, 0.1) is 0 Å². The fraction of sp³-hybridized carbons (Fsp3) is 1.00. The first-order valence-electron chi connectivity index (χ1n) is 1.93. The minimum Gasteiger partial charge on any atom is -0.759 e. The molecule has 62 valence electrons. The van der Waals surface area contributed by atoms with Crippen LogP contribution in [0.5, 0.6) is 0 Å². The van der Waals surface area contributed by atoms with Gasteiger partial charge in [-0.05, 0) is 11.8 Å². The van der Waals surface area contributed by atoms with E-state index in [1.807, 2.05) is 0 Å². The topological polar surface area (TPSA) is 43.4 Å². The van der Waals surface area contributed by atoms with Crippen molar-refractivity contribution < 1.29 is 8.76 Å². The van der Waals surface area contributed by atoms with Gasteiger partial charge in [-0.2, -0.15) is 0 Å². The third kappa shape index (κ3) is 3.57. The molecule has 0 aromatic carbocycles. The molecule has 0 amide bonds. The van der Waals surface area contributed by atoms with E-state index in [-0.39, 0.29) is 0 Å². The van der Waals surface area contributed by atoms with E-state index in [0.717, 1.165) is 0 Å². The van der Waals surface area contributed by atoms with Crippen LogP contribution in [0.1, 0.15) is 0 Å². The summed E-state index contributed by atoms with van der Waals surface area (Å²) in [6.07, 6.45) is 0. The van der Waals surface area contributed by atoms with Gasteiger partial charge in [0.25, 0.3) is 0 Å². The molecule has 2 unspecified atom stereocenters. The minimum absolute atomic E-state index is 0.298. The van der Waals surface area contributed by atoms with Crippen molar-refractivity contribution in [3.8, 4) is 0 Å². The smallest absolute Gasteiger partial charge is 0.142 e. The maximum atomic E-state index is 10.0. The summed E-state index contributed by atoms with van der Waals surface area (Å²) in [4.78, 5) is -1.06. The molecule has 0 aliphatic carbocycles. The number of rotatable bonds is 3. The van der Waals surface area contributed by atoms with Crippen LogP contribution < -0.4 is 0 Å². The third-order valence-electron chi connectivity index (χ3n) is 0.544. The van der Waals surface area contributed by atoms with Crippen LogP contribution in [-0.2, 0) is 11.3 Å². The van der Waals surface area contributed by atoms with Gasteiger partial charge in [-0.1, -0.05) is 0 Å². The quantitative estimate of drug-likeness (QED) is 0.328. The number of hydrogen-bond acceptors (Lipinski definition) is 2. The lowest BCUT2D eigenvalue weighted by Crippen LogP contribution is -2.28. The Morgan fingerprint density at radius 2 is 1.80 bits per heavy atom. The van der Waals surface area contributed by atoms with Crippen LogP contribution in [0.2, 0.25) is 0 Å². The lowest BCUT2D eigenvalue weighted by molar-refractivity contribution is 0.478. The van der Waals surface area contributed by atoms with Crippen LogP contribution in [-0.4, -0.2) is 22.9 Å². The van der Waals surface area contributed by atoms with Gasteiger partial charge in [-0.15, -0.1) is 38.6 Å². The number of alkyl halides is 3. The Bertz CT molecular complexity index is 132. The van der Waals surface area contributed by atoms with Crippen LogP contribution in [0.4, 0.5) is 0 Å². The Labute approximate surface area is 80.7 Å². The van der Waals surface area contributed by atoms with Crippen molar-refractivity contribution in [2.75, 3.05) is 0 Å². The lowest BCUT2D eigenvalue weighted by atomic mass is 10.8. The zero-order valence-electron chi connectivity index (χ0n) is 4.34. The van der Waals surface area contributed by atoms with Crippen molar-refractivity contribution in [2.45, 2.75) is 10.3 Å². The zero-order valence-corrected chi connectivity index (χ0v) is 8.18. The Balaban J connectivity index is 3.94. The molecule has 0 aliphatic heterocycles. The van der Waals surface area contributed by atoms with E-state index in [4.69, 9.17) is 46.6 Å². The highest BCUT2D eigenvalue weighted by Gasteiger charge is 2.21. The largest absolute Gasteiger partial charge is 0.759 e. The van der Waals surface area contributed by atoms with E-state index < -0.39 is 21.6 Å². The van der Waals surface area contributed by atoms with Crippen molar-refractivity contribution in [3.05, 3.63) is 0 Å². The summed E-state index contributed by atoms with van der Waals surface area (Å²) in [5.74, 6) is 0. The van der Waals surface area contributed by atoms with Gasteiger partial charge in [-0.3, -0.25) is 4.21 Å². The zero-order chi connectivity index (χ0) is 8.31. The van der Waals surface area contributed by atoms with Crippen molar-refractivity contribution in [1.29, 1.82) is 0 Å². The van der Waals surface area contributed by atoms with Crippen molar-refractivity contribution in [2.24, 2.45) is 0 Å². The summed E-state index contributed by atoms with van der Waals surface area (Å²) in [7, 11) is 0. The van der Waals surface area contributed by atoms with Gasteiger partial charge in [0.1, 0.15) is 10.3 Å². The Morgan fingerprint density at radius 3 is 1.90 bits per heavy atom. The molecular formula is C2H2Cl4NO2S-. The molecule has 0 N–H and O–H groups in total. The van der Waals surface area contributed by atoms with Gasteiger partial charge in [0.2, 0.25) is 0 Å². The van der Waals surface area contributed by atoms with Gasteiger partial charge in [-0.25, -0.2) is 0 Å². The number of hydrogen-bond donors (Lipinski definition) is 0. The van der Waals surface area contributed by atoms with Gasteiger partial charge in [0, 0.05) is 11.3 Å². The Kier molecular flexibility index (Phi) is 5.59. The van der Waals surface area contributed by atoms with Crippen molar-refractivity contribution >= 4 is 57.8 Å². The second-order valence-corrected chi connectivity index (χ2v) is 4.20. The van der Waals surface area contributed by atoms with Crippen molar-refractivity contribution in [1.82, 2.24) is 3.82 Å². The molecule has 0 aromatic rings. The number of nitrogens with zero attached hydrogens (tertiary/aromatic N) is 1. The molecule has 0 heterocycles. The van der Waals surface area contributed by atoms with Gasteiger partial charge >= 0.3 is 0 Å². The number of halogens is 4. The van der Waals surface area contributed by atoms with E-state index in [9.17, 15) is 8.76 Å². The predicted octanol–water partition coefficient (Wildman–Crippen LogP) is 1.60. The molecule has 0 aliphatic rings. The average molecular weight is 246 g/mol. The maximum absolute atomic E-state index is 10.0. The van der Waals surface area contributed by atoms with E-state index >= 15 is 0 Å². The molecule has 0 bridgehead atoms. The average Bonchev–Trinajstić information content (AvgIpc) is 1.84. The maximum Gasteiger partial charge on any atom is 0.142 e. The van der Waals surface area contributed by atoms with E-state index in [1.165, 1.54) is 0 Å². The summed E-state index contributed by atoms with van der Waals surface area (Å²) in [6, 6.07) is 0. The molecule has 0 rings (SSSR count). The summed E-state index contributed by atoms with van der Waals surface area (Å²) >= 11 is 18.2. The second-order valence-electron chi connectivity index (χ2n) is 1.20. The normalized spacial score (nSPS) is 17.9. The highest BCUT2D eigenvalue weighted by molar-refractivity contribution is 7.77. The SMILES string of the molecule is O=S([O-])N(Cl)C(Cl)C(Cl)Cl. The van der Waals surface area contributed by atoms with Crippen LogP contribution in [0.25, 0.3) is 0 Å². The molecule has 0 saturated heterocycles. The molecule has 3 nitrogen and oxygen atoms in total. The first-order chi connectivity index (χ1) is 4.46. The molecule has 0 fully saturated rings. The monoisotopic (exact) mass is 244 g/mol.